The standard InChI is InChI=1S/C19H40/c1-5-9-10-11-12-13-14-18-19(15-6-2,16-7-3)17-8-4/h5-18H2,1-4H3. The molecule has 0 rings (SSSR count). The highest BCUT2D eigenvalue weighted by atomic mass is 14.3. The van der Waals surface area contributed by atoms with Gasteiger partial charge < -0.3 is 0 Å². The third kappa shape index (κ3) is 9.52. The topological polar surface area (TPSA) is 0 Å². The quantitative estimate of drug-likeness (QED) is 0.286. The second-order valence-electron chi connectivity index (χ2n) is 6.62. The van der Waals surface area contributed by atoms with Gasteiger partial charge in [-0.3, -0.25) is 0 Å². The smallest absolute Gasteiger partial charge is 0.0298 e. The van der Waals surface area contributed by atoms with Gasteiger partial charge in [-0.15, -0.1) is 0 Å². The van der Waals surface area contributed by atoms with Gasteiger partial charge in [-0.1, -0.05) is 91.9 Å². The van der Waals surface area contributed by atoms with Crippen LogP contribution in [0.4, 0.5) is 0 Å². The van der Waals surface area contributed by atoms with Crippen molar-refractivity contribution in [1.82, 2.24) is 0 Å². The molecule has 0 saturated carbocycles. The molecule has 0 radical (unpaired) electrons. The summed E-state index contributed by atoms with van der Waals surface area (Å²) >= 11 is 0. The fraction of sp³-hybridized carbons (Fsp3) is 1.00. The van der Waals surface area contributed by atoms with Crippen LogP contribution in [0.15, 0.2) is 0 Å². The average Bonchev–Trinajstić information content (AvgIpc) is 2.39. The van der Waals surface area contributed by atoms with E-state index in [4.69, 9.17) is 0 Å². The van der Waals surface area contributed by atoms with Gasteiger partial charge in [0.2, 0.25) is 0 Å². The highest BCUT2D eigenvalue weighted by Gasteiger charge is 2.26. The molecule has 0 aliphatic rings. The van der Waals surface area contributed by atoms with Gasteiger partial charge in [0, 0.05) is 0 Å². The van der Waals surface area contributed by atoms with Crippen molar-refractivity contribution in [3.63, 3.8) is 0 Å². The van der Waals surface area contributed by atoms with E-state index in [1.54, 1.807) is 0 Å². The lowest BCUT2D eigenvalue weighted by Crippen LogP contribution is -2.20. The Labute approximate surface area is 123 Å². The van der Waals surface area contributed by atoms with Crippen LogP contribution in [0.25, 0.3) is 0 Å². The number of hydrogen-bond donors (Lipinski definition) is 0. The molecule has 0 heterocycles. The summed E-state index contributed by atoms with van der Waals surface area (Å²) in [6.45, 7) is 9.40. The maximum absolute atomic E-state index is 2.37. The molecule has 0 spiro atoms. The second kappa shape index (κ2) is 13.0. The molecule has 0 atom stereocenters. The molecule has 0 fully saturated rings. The predicted octanol–water partition coefficient (Wildman–Crippen LogP) is 7.51. The highest BCUT2D eigenvalue weighted by molar-refractivity contribution is 4.78. The predicted molar refractivity (Wildman–Crippen MR) is 89.8 cm³/mol. The van der Waals surface area contributed by atoms with Crippen LogP contribution in [0.1, 0.15) is 118 Å². The molecule has 0 unspecified atom stereocenters. The summed E-state index contributed by atoms with van der Waals surface area (Å²) in [7, 11) is 0. The Bertz CT molecular complexity index is 154. The molecule has 0 saturated heterocycles. The lowest BCUT2D eigenvalue weighted by atomic mass is 9.72. The molecule has 116 valence electrons. The fourth-order valence-electron chi connectivity index (χ4n) is 3.80. The maximum Gasteiger partial charge on any atom is -0.0298 e. The average molecular weight is 269 g/mol. The van der Waals surface area contributed by atoms with Crippen molar-refractivity contribution in [2.75, 3.05) is 0 Å². The van der Waals surface area contributed by atoms with Crippen molar-refractivity contribution >= 4 is 0 Å². The minimum absolute atomic E-state index is 0.696. The molecule has 0 aromatic heterocycles. The Balaban J connectivity index is 3.89. The summed E-state index contributed by atoms with van der Waals surface area (Å²) in [5.74, 6) is 0. The van der Waals surface area contributed by atoms with E-state index in [2.05, 4.69) is 27.7 Å². The van der Waals surface area contributed by atoms with E-state index in [9.17, 15) is 0 Å². The molecule has 0 aliphatic heterocycles. The van der Waals surface area contributed by atoms with Gasteiger partial charge in [0.15, 0.2) is 0 Å². The molecule has 19 heavy (non-hydrogen) atoms. The summed E-state index contributed by atoms with van der Waals surface area (Å²) in [6, 6.07) is 0. The summed E-state index contributed by atoms with van der Waals surface area (Å²) in [6.07, 6.45) is 20.2. The van der Waals surface area contributed by atoms with Crippen LogP contribution in [0.5, 0.6) is 0 Å². The van der Waals surface area contributed by atoms with E-state index in [1.807, 2.05) is 0 Å². The van der Waals surface area contributed by atoms with Crippen LogP contribution in [0.2, 0.25) is 0 Å². The van der Waals surface area contributed by atoms with Crippen molar-refractivity contribution in [2.24, 2.45) is 5.41 Å². The monoisotopic (exact) mass is 268 g/mol. The van der Waals surface area contributed by atoms with E-state index in [-0.39, 0.29) is 0 Å². The second-order valence-corrected chi connectivity index (χ2v) is 6.62. The zero-order valence-corrected chi connectivity index (χ0v) is 14.4. The van der Waals surface area contributed by atoms with E-state index in [1.165, 1.54) is 89.9 Å². The van der Waals surface area contributed by atoms with Crippen LogP contribution in [0, 0.1) is 5.41 Å². The van der Waals surface area contributed by atoms with E-state index < -0.39 is 0 Å². The lowest BCUT2D eigenvalue weighted by Gasteiger charge is -2.34. The van der Waals surface area contributed by atoms with E-state index in [0.29, 0.717) is 5.41 Å². The molecule has 0 aromatic carbocycles. The Morgan fingerprint density at radius 1 is 0.421 bits per heavy atom. The Morgan fingerprint density at radius 3 is 1.26 bits per heavy atom. The minimum atomic E-state index is 0.696. The maximum atomic E-state index is 2.37. The first kappa shape index (κ1) is 19.0. The summed E-state index contributed by atoms with van der Waals surface area (Å²) in [4.78, 5) is 0. The Morgan fingerprint density at radius 2 is 0.842 bits per heavy atom. The SMILES string of the molecule is CCCCCCCCCC(CCC)(CCC)CCC. The number of unbranched alkanes of at least 4 members (excludes halogenated alkanes) is 6. The first-order chi connectivity index (χ1) is 9.24. The Hall–Kier alpha value is 0. The van der Waals surface area contributed by atoms with Crippen LogP contribution in [-0.4, -0.2) is 0 Å². The summed E-state index contributed by atoms with van der Waals surface area (Å²) in [5, 5.41) is 0. The third-order valence-electron chi connectivity index (χ3n) is 4.65. The van der Waals surface area contributed by atoms with E-state index in [0.717, 1.165) is 0 Å². The molecule has 0 heteroatoms. The number of hydrogen-bond acceptors (Lipinski definition) is 0. The van der Waals surface area contributed by atoms with Gasteiger partial charge >= 0.3 is 0 Å². The van der Waals surface area contributed by atoms with Crippen molar-refractivity contribution in [2.45, 2.75) is 118 Å². The van der Waals surface area contributed by atoms with Gasteiger partial charge in [0.1, 0.15) is 0 Å². The molecule has 0 amide bonds. The molecule has 0 bridgehead atoms. The summed E-state index contributed by atoms with van der Waals surface area (Å²) in [5.41, 5.74) is 0.696. The van der Waals surface area contributed by atoms with Gasteiger partial charge in [0.05, 0.1) is 0 Å². The van der Waals surface area contributed by atoms with Crippen molar-refractivity contribution < 1.29 is 0 Å². The molecular formula is C19H40. The number of rotatable bonds is 14. The van der Waals surface area contributed by atoms with Crippen molar-refractivity contribution in [1.29, 1.82) is 0 Å². The van der Waals surface area contributed by atoms with Crippen molar-refractivity contribution in [3.8, 4) is 0 Å². The summed E-state index contributed by atoms with van der Waals surface area (Å²) < 4.78 is 0. The third-order valence-corrected chi connectivity index (χ3v) is 4.65. The van der Waals surface area contributed by atoms with Gasteiger partial charge in [-0.2, -0.15) is 0 Å². The molecule has 0 aromatic rings. The van der Waals surface area contributed by atoms with Gasteiger partial charge in [0.25, 0.3) is 0 Å². The van der Waals surface area contributed by atoms with E-state index >= 15 is 0 Å². The van der Waals surface area contributed by atoms with Gasteiger partial charge in [-0.05, 0) is 31.1 Å². The lowest BCUT2D eigenvalue weighted by molar-refractivity contribution is 0.185. The van der Waals surface area contributed by atoms with Crippen LogP contribution in [0.3, 0.4) is 0 Å². The normalized spacial score (nSPS) is 12.0. The van der Waals surface area contributed by atoms with Crippen LogP contribution < -0.4 is 0 Å². The van der Waals surface area contributed by atoms with Crippen LogP contribution in [-0.2, 0) is 0 Å². The van der Waals surface area contributed by atoms with Crippen LogP contribution >= 0.6 is 0 Å². The Kier molecular flexibility index (Phi) is 13.0. The van der Waals surface area contributed by atoms with Gasteiger partial charge in [-0.25, -0.2) is 0 Å². The molecular weight excluding hydrogens is 228 g/mol. The first-order valence-electron chi connectivity index (χ1n) is 9.24. The minimum Gasteiger partial charge on any atom is -0.0654 e. The molecule has 0 aliphatic carbocycles. The zero-order valence-electron chi connectivity index (χ0n) is 14.4. The largest absolute Gasteiger partial charge is 0.0654 e. The first-order valence-corrected chi connectivity index (χ1v) is 9.24. The fourth-order valence-corrected chi connectivity index (χ4v) is 3.80. The molecule has 0 nitrogen and oxygen atoms in total. The molecule has 0 N–H and O–H groups in total. The zero-order chi connectivity index (χ0) is 14.4. The highest BCUT2D eigenvalue weighted by Crippen LogP contribution is 2.40. The van der Waals surface area contributed by atoms with Crippen molar-refractivity contribution in [3.05, 3.63) is 0 Å².